The lowest BCUT2D eigenvalue weighted by Crippen LogP contribution is -2.24. The molecule has 2 aromatic rings. The molecule has 1 atom stereocenters. The van der Waals surface area contributed by atoms with E-state index in [0.29, 0.717) is 11.3 Å². The highest BCUT2D eigenvalue weighted by atomic mass is 32.2. The van der Waals surface area contributed by atoms with Crippen LogP contribution in [0.15, 0.2) is 59.5 Å². The van der Waals surface area contributed by atoms with Crippen molar-refractivity contribution in [2.45, 2.75) is 17.1 Å². The van der Waals surface area contributed by atoms with Gasteiger partial charge in [-0.25, -0.2) is 8.42 Å². The zero-order valence-electron chi connectivity index (χ0n) is 12.9. The highest BCUT2D eigenvalue weighted by molar-refractivity contribution is 7.92. The summed E-state index contributed by atoms with van der Waals surface area (Å²) in [4.78, 5) is 12.4. The van der Waals surface area contributed by atoms with Crippen molar-refractivity contribution in [2.24, 2.45) is 0 Å². The highest BCUT2D eigenvalue weighted by Crippen LogP contribution is 2.31. The molecular weight excluding hydrogens is 316 g/mol. The predicted molar refractivity (Wildman–Crippen MR) is 86.0 cm³/mol. The molecule has 2 aromatic carbocycles. The summed E-state index contributed by atoms with van der Waals surface area (Å²) in [5.74, 6) is -0.213. The lowest BCUT2D eigenvalue weighted by Gasteiger charge is -2.17. The average Bonchev–Trinajstić information content (AvgIpc) is 2.56. The molecule has 0 aliphatic rings. The summed E-state index contributed by atoms with van der Waals surface area (Å²) >= 11 is 0. The Morgan fingerprint density at radius 2 is 1.65 bits per heavy atom. The summed E-state index contributed by atoms with van der Waals surface area (Å²) in [6, 6.07) is 14.2. The Kier molecular flexibility index (Phi) is 5.39. The number of ether oxygens (including phenoxy) is 2. The van der Waals surface area contributed by atoms with Crippen LogP contribution in [0.2, 0.25) is 0 Å². The van der Waals surface area contributed by atoms with Gasteiger partial charge >= 0.3 is 5.97 Å². The van der Waals surface area contributed by atoms with Crippen LogP contribution in [0.5, 0.6) is 5.75 Å². The Labute approximate surface area is 135 Å². The Hall–Kier alpha value is -2.34. The molecule has 6 heteroatoms. The van der Waals surface area contributed by atoms with E-state index in [9.17, 15) is 13.2 Å². The smallest absolute Gasteiger partial charge is 0.329 e. The number of hydrogen-bond donors (Lipinski definition) is 0. The zero-order chi connectivity index (χ0) is 16.9. The predicted octanol–water partition coefficient (Wildman–Crippen LogP) is 2.77. The number of carbonyl (C=O) groups excluding carboxylic acids is 1. The maximum absolute atomic E-state index is 12.9. The first-order valence-electron chi connectivity index (χ1n) is 7.10. The minimum Gasteiger partial charge on any atom is -0.497 e. The van der Waals surface area contributed by atoms with Crippen LogP contribution in [-0.4, -0.2) is 28.1 Å². The van der Waals surface area contributed by atoms with Gasteiger partial charge in [0.05, 0.1) is 18.6 Å². The molecule has 0 bridgehead atoms. The summed E-state index contributed by atoms with van der Waals surface area (Å²) in [6.45, 7) is 1.74. The van der Waals surface area contributed by atoms with Crippen molar-refractivity contribution < 1.29 is 22.7 Å². The summed E-state index contributed by atoms with van der Waals surface area (Å²) in [7, 11) is -2.40. The maximum atomic E-state index is 12.9. The van der Waals surface area contributed by atoms with E-state index >= 15 is 0 Å². The number of carbonyl (C=O) groups is 1. The Morgan fingerprint density at radius 1 is 1.04 bits per heavy atom. The molecule has 2 rings (SSSR count). The first-order chi connectivity index (χ1) is 11.0. The molecule has 122 valence electrons. The number of hydrogen-bond acceptors (Lipinski definition) is 5. The topological polar surface area (TPSA) is 69.7 Å². The molecule has 0 spiro atoms. The molecule has 1 unspecified atom stereocenters. The van der Waals surface area contributed by atoms with Crippen molar-refractivity contribution in [3.63, 3.8) is 0 Å². The quantitative estimate of drug-likeness (QED) is 0.760. The van der Waals surface area contributed by atoms with Gasteiger partial charge in [0.15, 0.2) is 15.1 Å². The lowest BCUT2D eigenvalue weighted by molar-refractivity contribution is -0.142. The molecule has 0 aromatic heterocycles. The number of benzene rings is 2. The molecule has 0 aliphatic carbocycles. The molecule has 0 amide bonds. The highest BCUT2D eigenvalue weighted by Gasteiger charge is 2.36. The van der Waals surface area contributed by atoms with Crippen LogP contribution < -0.4 is 4.74 Å². The van der Waals surface area contributed by atoms with Crippen LogP contribution in [0.25, 0.3) is 0 Å². The molecule has 5 nitrogen and oxygen atoms in total. The van der Waals surface area contributed by atoms with Gasteiger partial charge < -0.3 is 9.47 Å². The first-order valence-corrected chi connectivity index (χ1v) is 8.65. The minimum atomic E-state index is -3.91. The van der Waals surface area contributed by atoms with E-state index < -0.39 is 21.1 Å². The van der Waals surface area contributed by atoms with Crippen molar-refractivity contribution in [1.29, 1.82) is 0 Å². The molecule has 0 aliphatic heterocycles. The Morgan fingerprint density at radius 3 is 2.17 bits per heavy atom. The summed E-state index contributed by atoms with van der Waals surface area (Å²) in [5.41, 5.74) is 0.341. The molecule has 0 saturated carbocycles. The number of sulfone groups is 1. The zero-order valence-corrected chi connectivity index (χ0v) is 13.7. The fraction of sp³-hybridized carbons (Fsp3) is 0.235. The van der Waals surface area contributed by atoms with Crippen molar-refractivity contribution >= 4 is 15.8 Å². The van der Waals surface area contributed by atoms with E-state index in [2.05, 4.69) is 0 Å². The van der Waals surface area contributed by atoms with Crippen molar-refractivity contribution in [3.8, 4) is 5.75 Å². The van der Waals surface area contributed by atoms with Gasteiger partial charge in [0.25, 0.3) is 0 Å². The summed E-state index contributed by atoms with van der Waals surface area (Å²) in [5, 5.41) is -1.41. The van der Waals surface area contributed by atoms with Crippen molar-refractivity contribution in [1.82, 2.24) is 0 Å². The van der Waals surface area contributed by atoms with Gasteiger partial charge in [0, 0.05) is 0 Å². The molecule has 0 heterocycles. The average molecular weight is 334 g/mol. The number of rotatable bonds is 6. The maximum Gasteiger partial charge on any atom is 0.329 e. The molecule has 0 saturated heterocycles. The van der Waals surface area contributed by atoms with E-state index in [-0.39, 0.29) is 11.5 Å². The second-order valence-corrected chi connectivity index (χ2v) is 6.80. The Bertz CT molecular complexity index is 751. The fourth-order valence-electron chi connectivity index (χ4n) is 2.18. The van der Waals surface area contributed by atoms with Crippen molar-refractivity contribution in [3.05, 3.63) is 60.2 Å². The third-order valence-corrected chi connectivity index (χ3v) is 5.32. The van der Waals surface area contributed by atoms with Crippen molar-refractivity contribution in [2.75, 3.05) is 13.7 Å². The summed E-state index contributed by atoms with van der Waals surface area (Å²) < 4.78 is 35.8. The van der Waals surface area contributed by atoms with Gasteiger partial charge in [-0.05, 0) is 36.8 Å². The fourth-order valence-corrected chi connectivity index (χ4v) is 3.83. The van der Waals surface area contributed by atoms with E-state index in [0.717, 1.165) is 0 Å². The van der Waals surface area contributed by atoms with Gasteiger partial charge in [-0.3, -0.25) is 4.79 Å². The second-order valence-electron chi connectivity index (χ2n) is 4.76. The van der Waals surface area contributed by atoms with E-state index in [1.54, 1.807) is 49.4 Å². The van der Waals surface area contributed by atoms with Gasteiger partial charge in [-0.15, -0.1) is 0 Å². The largest absolute Gasteiger partial charge is 0.497 e. The lowest BCUT2D eigenvalue weighted by atomic mass is 10.1. The van der Waals surface area contributed by atoms with Crippen LogP contribution in [0.3, 0.4) is 0 Å². The third kappa shape index (κ3) is 3.71. The van der Waals surface area contributed by atoms with Crippen LogP contribution in [0.4, 0.5) is 0 Å². The van der Waals surface area contributed by atoms with E-state index in [1.165, 1.54) is 19.2 Å². The molecule has 0 radical (unpaired) electrons. The molecule has 23 heavy (non-hydrogen) atoms. The van der Waals surface area contributed by atoms with Gasteiger partial charge in [0.2, 0.25) is 0 Å². The summed E-state index contributed by atoms with van der Waals surface area (Å²) in [6.07, 6.45) is 0. The van der Waals surface area contributed by atoms with Crippen LogP contribution in [-0.2, 0) is 19.4 Å². The minimum absolute atomic E-state index is 0.0777. The monoisotopic (exact) mass is 334 g/mol. The van der Waals surface area contributed by atoms with Gasteiger partial charge in [0.1, 0.15) is 5.75 Å². The molecular formula is C17H18O5S. The standard InChI is InChI=1S/C17H18O5S/c1-3-22-17(18)16(13-9-11-14(21-2)12-10-13)23(19,20)15-7-5-4-6-8-15/h4-12,16H,3H2,1-2H3. The normalized spacial score (nSPS) is 12.4. The first kappa shape index (κ1) is 17.0. The van der Waals surface area contributed by atoms with Gasteiger partial charge in [-0.2, -0.15) is 0 Å². The third-order valence-electron chi connectivity index (χ3n) is 3.30. The van der Waals surface area contributed by atoms with Crippen LogP contribution in [0.1, 0.15) is 17.7 Å². The van der Waals surface area contributed by atoms with Crippen LogP contribution >= 0.6 is 0 Å². The molecule has 0 fully saturated rings. The van der Waals surface area contributed by atoms with E-state index in [4.69, 9.17) is 9.47 Å². The SMILES string of the molecule is CCOC(=O)C(c1ccc(OC)cc1)S(=O)(=O)c1ccccc1. The van der Waals surface area contributed by atoms with Crippen LogP contribution in [0, 0.1) is 0 Å². The second kappa shape index (κ2) is 7.28. The molecule has 0 N–H and O–H groups in total. The number of esters is 1. The Balaban J connectivity index is 2.51. The van der Waals surface area contributed by atoms with E-state index in [1.807, 2.05) is 0 Å². The van der Waals surface area contributed by atoms with Gasteiger partial charge in [-0.1, -0.05) is 30.3 Å². The number of methoxy groups -OCH3 is 1.